The third-order valence-corrected chi connectivity index (χ3v) is 5.59. The molecule has 1 aliphatic heterocycles. The maximum Gasteiger partial charge on any atom is 0.251 e. The second kappa shape index (κ2) is 7.21. The summed E-state index contributed by atoms with van der Waals surface area (Å²) in [5.41, 5.74) is 0.461. The number of sulfonamides is 1. The molecule has 0 aliphatic carbocycles. The molecular weight excluding hydrogens is 304 g/mol. The van der Waals surface area contributed by atoms with Crippen LogP contribution in [0.5, 0.6) is 0 Å². The smallest absolute Gasteiger partial charge is 0.251 e. The number of benzene rings is 1. The summed E-state index contributed by atoms with van der Waals surface area (Å²) in [6, 6.07) is 5.87. The van der Waals surface area contributed by atoms with Crippen molar-refractivity contribution in [2.75, 3.05) is 26.3 Å². The molecule has 122 valence electrons. The van der Waals surface area contributed by atoms with E-state index < -0.39 is 10.0 Å². The topological polar surface area (TPSA) is 75.7 Å². The van der Waals surface area contributed by atoms with Crippen LogP contribution in [-0.2, 0) is 14.8 Å². The molecule has 22 heavy (non-hydrogen) atoms. The molecule has 7 heteroatoms. The van der Waals surface area contributed by atoms with E-state index in [1.165, 1.54) is 16.4 Å². The molecule has 1 unspecified atom stereocenters. The van der Waals surface area contributed by atoms with Gasteiger partial charge in [-0.25, -0.2) is 8.42 Å². The molecular formula is C15H22N2O4S. The number of nitrogens with one attached hydrogen (secondary N) is 1. The Balaban J connectivity index is 2.16. The Hall–Kier alpha value is -1.44. The van der Waals surface area contributed by atoms with Gasteiger partial charge >= 0.3 is 0 Å². The lowest BCUT2D eigenvalue weighted by atomic mass is 10.2. The maximum atomic E-state index is 12.6. The van der Waals surface area contributed by atoms with Crippen molar-refractivity contribution in [2.45, 2.75) is 31.2 Å². The SMILES string of the molecule is CCCNC(=O)c1ccc(S(=O)(=O)N2CCOCC2C)cc1. The van der Waals surface area contributed by atoms with Gasteiger partial charge in [0.25, 0.3) is 5.91 Å². The number of nitrogens with zero attached hydrogens (tertiary/aromatic N) is 1. The number of carbonyl (C=O) groups excluding carboxylic acids is 1. The standard InChI is InChI=1S/C15H22N2O4S/c1-3-8-16-15(18)13-4-6-14(7-5-13)22(19,20)17-9-10-21-11-12(17)2/h4-7,12H,3,8-11H2,1-2H3,(H,16,18). The zero-order valence-electron chi connectivity index (χ0n) is 12.9. The number of hydrogen-bond donors (Lipinski definition) is 1. The zero-order chi connectivity index (χ0) is 16.2. The van der Waals surface area contributed by atoms with E-state index in [0.29, 0.717) is 31.9 Å². The highest BCUT2D eigenvalue weighted by Crippen LogP contribution is 2.20. The highest BCUT2D eigenvalue weighted by atomic mass is 32.2. The van der Waals surface area contributed by atoms with Gasteiger partial charge in [0.2, 0.25) is 10.0 Å². The van der Waals surface area contributed by atoms with Gasteiger partial charge in [0.05, 0.1) is 18.1 Å². The summed E-state index contributed by atoms with van der Waals surface area (Å²) in [7, 11) is -3.55. The number of amides is 1. The maximum absolute atomic E-state index is 12.6. The second-order valence-electron chi connectivity index (χ2n) is 5.32. The van der Waals surface area contributed by atoms with Gasteiger partial charge in [-0.15, -0.1) is 0 Å². The van der Waals surface area contributed by atoms with E-state index in [-0.39, 0.29) is 16.8 Å². The molecule has 1 amide bonds. The molecule has 1 saturated heterocycles. The van der Waals surface area contributed by atoms with E-state index in [9.17, 15) is 13.2 Å². The van der Waals surface area contributed by atoms with Crippen LogP contribution in [0.15, 0.2) is 29.2 Å². The van der Waals surface area contributed by atoms with Crippen molar-refractivity contribution in [2.24, 2.45) is 0 Å². The summed E-state index contributed by atoms with van der Waals surface area (Å²) in [5.74, 6) is -0.189. The monoisotopic (exact) mass is 326 g/mol. The van der Waals surface area contributed by atoms with Crippen LogP contribution in [0.25, 0.3) is 0 Å². The fourth-order valence-corrected chi connectivity index (χ4v) is 3.92. The number of ether oxygens (including phenoxy) is 1. The molecule has 0 bridgehead atoms. The van der Waals surface area contributed by atoms with Gasteiger partial charge in [-0.05, 0) is 37.6 Å². The Kier molecular flexibility index (Phi) is 5.55. The average Bonchev–Trinajstić information content (AvgIpc) is 2.53. The highest BCUT2D eigenvalue weighted by Gasteiger charge is 2.31. The van der Waals surface area contributed by atoms with Crippen LogP contribution >= 0.6 is 0 Å². The van der Waals surface area contributed by atoms with E-state index in [1.54, 1.807) is 12.1 Å². The third-order valence-electron chi connectivity index (χ3n) is 3.57. The summed E-state index contributed by atoms with van der Waals surface area (Å²) in [6.07, 6.45) is 0.854. The zero-order valence-corrected chi connectivity index (χ0v) is 13.7. The molecule has 0 aromatic heterocycles. The molecule has 1 aromatic rings. The largest absolute Gasteiger partial charge is 0.378 e. The Morgan fingerprint density at radius 3 is 2.64 bits per heavy atom. The van der Waals surface area contributed by atoms with E-state index in [2.05, 4.69) is 5.32 Å². The van der Waals surface area contributed by atoms with Crippen molar-refractivity contribution >= 4 is 15.9 Å². The third kappa shape index (κ3) is 3.66. The van der Waals surface area contributed by atoms with Crippen molar-refractivity contribution < 1.29 is 17.9 Å². The molecule has 1 N–H and O–H groups in total. The quantitative estimate of drug-likeness (QED) is 0.883. The fourth-order valence-electron chi connectivity index (χ4n) is 2.32. The van der Waals surface area contributed by atoms with E-state index in [0.717, 1.165) is 6.42 Å². The Labute approximate surface area is 131 Å². The van der Waals surface area contributed by atoms with Crippen LogP contribution in [0.1, 0.15) is 30.6 Å². The van der Waals surface area contributed by atoms with Gasteiger partial charge in [-0.1, -0.05) is 6.92 Å². The van der Waals surface area contributed by atoms with Crippen molar-refractivity contribution in [1.82, 2.24) is 9.62 Å². The summed E-state index contributed by atoms with van der Waals surface area (Å²) >= 11 is 0. The van der Waals surface area contributed by atoms with Gasteiger partial charge in [0.1, 0.15) is 0 Å². The molecule has 1 fully saturated rings. The Bertz CT molecular complexity index is 613. The minimum absolute atomic E-state index is 0.189. The van der Waals surface area contributed by atoms with Crippen molar-refractivity contribution in [3.63, 3.8) is 0 Å². The average molecular weight is 326 g/mol. The lowest BCUT2D eigenvalue weighted by Gasteiger charge is -2.32. The Morgan fingerprint density at radius 2 is 2.05 bits per heavy atom. The summed E-state index contributed by atoms with van der Waals surface area (Å²) in [5, 5.41) is 2.76. The van der Waals surface area contributed by atoms with Gasteiger partial charge in [-0.2, -0.15) is 4.31 Å². The van der Waals surface area contributed by atoms with Gasteiger partial charge in [-0.3, -0.25) is 4.79 Å². The lowest BCUT2D eigenvalue weighted by molar-refractivity contribution is 0.0393. The summed E-state index contributed by atoms with van der Waals surface area (Å²) < 4.78 is 32.0. The lowest BCUT2D eigenvalue weighted by Crippen LogP contribution is -2.46. The molecule has 1 atom stereocenters. The fraction of sp³-hybridized carbons (Fsp3) is 0.533. The predicted octanol–water partition coefficient (Wildman–Crippen LogP) is 1.24. The predicted molar refractivity (Wildman–Crippen MR) is 83.2 cm³/mol. The summed E-state index contributed by atoms with van der Waals surface area (Å²) in [6.45, 7) is 5.55. The van der Waals surface area contributed by atoms with E-state index >= 15 is 0 Å². The molecule has 1 aliphatic rings. The normalized spacial score (nSPS) is 19.8. The van der Waals surface area contributed by atoms with Crippen LogP contribution in [0.2, 0.25) is 0 Å². The molecule has 1 aromatic carbocycles. The van der Waals surface area contributed by atoms with Crippen LogP contribution < -0.4 is 5.32 Å². The van der Waals surface area contributed by atoms with Crippen LogP contribution in [0, 0.1) is 0 Å². The molecule has 1 heterocycles. The number of morpholine rings is 1. The molecule has 0 radical (unpaired) electrons. The van der Waals surface area contributed by atoms with Gasteiger partial charge < -0.3 is 10.1 Å². The first-order chi connectivity index (χ1) is 10.5. The second-order valence-corrected chi connectivity index (χ2v) is 7.21. The molecule has 2 rings (SSSR count). The van der Waals surface area contributed by atoms with Crippen molar-refractivity contribution in [3.8, 4) is 0 Å². The van der Waals surface area contributed by atoms with E-state index in [1.807, 2.05) is 13.8 Å². The molecule has 6 nitrogen and oxygen atoms in total. The first-order valence-corrected chi connectivity index (χ1v) is 8.88. The molecule has 0 saturated carbocycles. The first-order valence-electron chi connectivity index (χ1n) is 7.44. The minimum atomic E-state index is -3.55. The molecule has 0 spiro atoms. The minimum Gasteiger partial charge on any atom is -0.378 e. The van der Waals surface area contributed by atoms with Crippen LogP contribution in [0.4, 0.5) is 0 Å². The van der Waals surface area contributed by atoms with E-state index in [4.69, 9.17) is 4.74 Å². The summed E-state index contributed by atoms with van der Waals surface area (Å²) in [4.78, 5) is 12.0. The van der Waals surface area contributed by atoms with Crippen LogP contribution in [0.3, 0.4) is 0 Å². The Morgan fingerprint density at radius 1 is 1.36 bits per heavy atom. The highest BCUT2D eigenvalue weighted by molar-refractivity contribution is 7.89. The number of rotatable bonds is 5. The van der Waals surface area contributed by atoms with Crippen LogP contribution in [-0.4, -0.2) is 51.0 Å². The number of carbonyl (C=O) groups is 1. The van der Waals surface area contributed by atoms with Crippen molar-refractivity contribution in [3.05, 3.63) is 29.8 Å². The van der Waals surface area contributed by atoms with Crippen molar-refractivity contribution in [1.29, 1.82) is 0 Å². The van der Waals surface area contributed by atoms with Gasteiger partial charge in [0.15, 0.2) is 0 Å². The first kappa shape index (κ1) is 16.9. The number of hydrogen-bond acceptors (Lipinski definition) is 4. The van der Waals surface area contributed by atoms with Gasteiger partial charge in [0, 0.05) is 24.7 Å².